The molecule has 16 heteroatoms. The van der Waals surface area contributed by atoms with Crippen LogP contribution in [0.2, 0.25) is 0 Å². The third-order valence-electron chi connectivity index (χ3n) is 13.2. The number of carbonyl (C=O) groups is 6. The van der Waals surface area contributed by atoms with Gasteiger partial charge in [-0.3, -0.25) is 43.9 Å². The molecule has 0 bridgehead atoms. The minimum Gasteiger partial charge on any atom is -0.379 e. The molecule has 1 fully saturated rings. The summed E-state index contributed by atoms with van der Waals surface area (Å²) in [5.41, 5.74) is 0.0446. The van der Waals surface area contributed by atoms with Gasteiger partial charge in [0.1, 0.15) is 5.01 Å². The Bertz CT molecular complexity index is 1870. The van der Waals surface area contributed by atoms with Gasteiger partial charge in [-0.25, -0.2) is 4.98 Å². The molecule has 3 heterocycles. The summed E-state index contributed by atoms with van der Waals surface area (Å²) in [6.45, 7) is 14.8. The number of benzene rings is 1. The molecule has 8 atom stereocenters. The fourth-order valence-electron chi connectivity index (χ4n) is 9.32. The van der Waals surface area contributed by atoms with Crippen LogP contribution in [-0.2, 0) is 44.7 Å². The van der Waals surface area contributed by atoms with Crippen LogP contribution < -0.4 is 16.0 Å². The monoisotopic (exact) mass is 922 g/mol. The second-order valence-corrected chi connectivity index (χ2v) is 19.5. The van der Waals surface area contributed by atoms with Crippen LogP contribution in [0.3, 0.4) is 0 Å². The lowest BCUT2D eigenvalue weighted by Gasteiger charge is -2.43. The van der Waals surface area contributed by atoms with Crippen molar-refractivity contribution in [1.29, 1.82) is 0 Å². The number of hydrogen-bond acceptors (Lipinski definition) is 12. The fourth-order valence-corrected chi connectivity index (χ4v) is 10.0. The molecule has 65 heavy (non-hydrogen) atoms. The first kappa shape index (κ1) is 53.3. The van der Waals surface area contributed by atoms with Gasteiger partial charge >= 0.3 is 0 Å². The van der Waals surface area contributed by atoms with Gasteiger partial charge in [-0.1, -0.05) is 84.2 Å². The summed E-state index contributed by atoms with van der Waals surface area (Å²) >= 11 is 1.50. The molecule has 1 aromatic carbocycles. The van der Waals surface area contributed by atoms with Crippen LogP contribution >= 0.6 is 11.3 Å². The molecule has 1 saturated heterocycles. The van der Waals surface area contributed by atoms with Crippen LogP contribution in [0.1, 0.15) is 116 Å². The van der Waals surface area contributed by atoms with Crippen molar-refractivity contribution in [1.82, 2.24) is 35.6 Å². The molecule has 0 spiro atoms. The smallest absolute Gasteiger partial charge is 0.253 e. The molecule has 4 rings (SSSR count). The van der Waals surface area contributed by atoms with Gasteiger partial charge in [-0.2, -0.15) is 0 Å². The highest BCUT2D eigenvalue weighted by Crippen LogP contribution is 2.31. The molecule has 2 aromatic rings. The number of hydrogen-bond donors (Lipinski definition) is 3. The number of nitrogens with one attached hydrogen (secondary N) is 3. The summed E-state index contributed by atoms with van der Waals surface area (Å²) in [7, 11) is 5.06. The number of methoxy groups -OCH3 is 2. The van der Waals surface area contributed by atoms with E-state index in [0.717, 1.165) is 42.7 Å². The minimum absolute atomic E-state index is 0.0140. The van der Waals surface area contributed by atoms with Crippen molar-refractivity contribution in [2.24, 2.45) is 17.8 Å². The lowest BCUT2D eigenvalue weighted by molar-refractivity contribution is -0.144. The van der Waals surface area contributed by atoms with E-state index in [1.165, 1.54) is 28.4 Å². The number of amides is 6. The maximum atomic E-state index is 14.4. The van der Waals surface area contributed by atoms with E-state index in [4.69, 9.17) is 9.47 Å². The normalized spacial score (nSPS) is 18.7. The average molecular weight is 922 g/mol. The number of thiazole rings is 1. The Kier molecular flexibility index (Phi) is 20.9. The van der Waals surface area contributed by atoms with Gasteiger partial charge in [-0.15, -0.1) is 11.3 Å². The fraction of sp³-hybridized carbons (Fsp3) is 0.653. The van der Waals surface area contributed by atoms with Crippen LogP contribution in [0, 0.1) is 17.8 Å². The van der Waals surface area contributed by atoms with Crippen LogP contribution in [0.25, 0.3) is 0 Å². The second kappa shape index (κ2) is 25.5. The van der Waals surface area contributed by atoms with Gasteiger partial charge in [0, 0.05) is 57.1 Å². The molecule has 3 N–H and O–H groups in total. The van der Waals surface area contributed by atoms with Crippen molar-refractivity contribution in [2.45, 2.75) is 148 Å². The van der Waals surface area contributed by atoms with E-state index in [2.05, 4.69) is 34.8 Å². The SMILES string of the molecule is CC[C@H](C)[C@@H]([C@@H](CC(=O)N1CCC[C@H]1[C@H](OC)[C@@H](C)C(=O)N[C@@H](Cc1ccccc1)c1nccs1)OC)N(C)[C@H](C(=O)NC(=O)C(C)(C)NCCCCCCN1C(=O)C=CC1=O)C(C)C. The van der Waals surface area contributed by atoms with Crippen LogP contribution in [0.15, 0.2) is 54.1 Å². The van der Waals surface area contributed by atoms with E-state index in [9.17, 15) is 28.8 Å². The predicted molar refractivity (Wildman–Crippen MR) is 252 cm³/mol. The lowest BCUT2D eigenvalue weighted by atomic mass is 9.87. The molecular formula is C49H75N7O8S. The zero-order valence-electron chi connectivity index (χ0n) is 40.3. The third kappa shape index (κ3) is 14.6. The zero-order chi connectivity index (χ0) is 47.8. The van der Waals surface area contributed by atoms with Gasteiger partial charge in [0.25, 0.3) is 11.8 Å². The molecule has 0 saturated carbocycles. The number of ether oxygens (including phenoxy) is 2. The third-order valence-corrected chi connectivity index (χ3v) is 14.1. The van der Waals surface area contributed by atoms with Crippen molar-refractivity contribution >= 4 is 46.8 Å². The molecule has 360 valence electrons. The van der Waals surface area contributed by atoms with E-state index in [1.807, 2.05) is 73.3 Å². The molecule has 0 aliphatic carbocycles. The average Bonchev–Trinajstić information content (AvgIpc) is 4.06. The quantitative estimate of drug-likeness (QED) is 0.0766. The maximum Gasteiger partial charge on any atom is 0.253 e. The Hall–Kier alpha value is -4.35. The first-order chi connectivity index (χ1) is 30.9. The first-order valence-corrected chi connectivity index (χ1v) is 24.3. The summed E-state index contributed by atoms with van der Waals surface area (Å²) in [4.78, 5) is 89.3. The molecule has 2 aliphatic heterocycles. The number of rotatable bonds is 27. The highest BCUT2D eigenvalue weighted by atomic mass is 32.1. The number of carbonyl (C=O) groups excluding carboxylic acids is 6. The Labute approximate surface area is 390 Å². The Balaban J connectivity index is 1.38. The Morgan fingerprint density at radius 2 is 1.63 bits per heavy atom. The van der Waals surface area contributed by atoms with E-state index < -0.39 is 41.5 Å². The van der Waals surface area contributed by atoms with Crippen molar-refractivity contribution in [3.8, 4) is 0 Å². The predicted octanol–water partition coefficient (Wildman–Crippen LogP) is 5.46. The van der Waals surface area contributed by atoms with Crippen LogP contribution in [0.5, 0.6) is 0 Å². The maximum absolute atomic E-state index is 14.4. The highest BCUT2D eigenvalue weighted by Gasteiger charge is 2.44. The van der Waals surface area contributed by atoms with E-state index >= 15 is 0 Å². The number of unbranched alkanes of at least 4 members (excludes halogenated alkanes) is 3. The highest BCUT2D eigenvalue weighted by molar-refractivity contribution is 7.09. The van der Waals surface area contributed by atoms with E-state index in [-0.39, 0.29) is 60.0 Å². The number of imide groups is 2. The minimum atomic E-state index is -1.04. The Morgan fingerprint density at radius 1 is 0.954 bits per heavy atom. The number of likely N-dealkylation sites (N-methyl/N-ethyl adjacent to an activating group) is 1. The van der Waals surface area contributed by atoms with Crippen molar-refractivity contribution in [3.05, 3.63) is 64.6 Å². The van der Waals surface area contributed by atoms with E-state index in [1.54, 1.807) is 34.3 Å². The molecule has 2 aliphatic rings. The van der Waals surface area contributed by atoms with Gasteiger partial charge < -0.3 is 25.0 Å². The van der Waals surface area contributed by atoms with Crippen LogP contribution in [0.4, 0.5) is 0 Å². The molecule has 0 radical (unpaired) electrons. The van der Waals surface area contributed by atoms with Crippen molar-refractivity contribution in [3.63, 3.8) is 0 Å². The molecule has 1 aromatic heterocycles. The first-order valence-electron chi connectivity index (χ1n) is 23.4. The van der Waals surface area contributed by atoms with Gasteiger partial charge in [0.05, 0.1) is 48.2 Å². The second-order valence-electron chi connectivity index (χ2n) is 18.6. The van der Waals surface area contributed by atoms with Gasteiger partial charge in [0.2, 0.25) is 23.6 Å². The van der Waals surface area contributed by atoms with Crippen molar-refractivity contribution in [2.75, 3.05) is 40.9 Å². The van der Waals surface area contributed by atoms with Crippen LogP contribution in [-0.4, -0.2) is 132 Å². The molecule has 0 unspecified atom stereocenters. The zero-order valence-corrected chi connectivity index (χ0v) is 41.2. The topological polar surface area (TPSA) is 180 Å². The summed E-state index contributed by atoms with van der Waals surface area (Å²) in [6, 6.07) is 8.27. The number of aromatic nitrogens is 1. The largest absolute Gasteiger partial charge is 0.379 e. The van der Waals surface area contributed by atoms with Gasteiger partial charge in [0.15, 0.2) is 0 Å². The van der Waals surface area contributed by atoms with E-state index in [0.29, 0.717) is 38.9 Å². The van der Waals surface area contributed by atoms with Crippen molar-refractivity contribution < 1.29 is 38.2 Å². The summed E-state index contributed by atoms with van der Waals surface area (Å²) in [6.07, 6.45) is 9.19. The summed E-state index contributed by atoms with van der Waals surface area (Å²) < 4.78 is 12.2. The Morgan fingerprint density at radius 3 is 2.23 bits per heavy atom. The lowest BCUT2D eigenvalue weighted by Crippen LogP contribution is -2.61. The number of likely N-dealkylation sites (tertiary alicyclic amines) is 1. The molecule has 15 nitrogen and oxygen atoms in total. The summed E-state index contributed by atoms with van der Waals surface area (Å²) in [5, 5.41) is 11.9. The summed E-state index contributed by atoms with van der Waals surface area (Å²) in [5.74, 6) is -2.44. The molecular weight excluding hydrogens is 847 g/mol. The standard InChI is InChI=1S/C49H75N7O8S/c1-11-33(4)43(54(8)42(32(2)3)46(61)53-48(62)49(6,7)51-25-17-12-13-18-27-56-39(57)23-24-40(56)58)38(63-9)31-41(59)55-28-19-22-37(55)44(64-10)34(5)45(60)52-36(47-50-26-29-65-47)30-35-20-15-14-16-21-35/h14-16,20-21,23-24,26,29,32-34,36-38,42-44,51H,11-13,17-19,22,25,27-28,30-31H2,1-10H3,(H,52,60)(H,53,61,62)/t33-,34+,36-,37-,38+,42-,43-,44+/m0/s1. The van der Waals surface area contributed by atoms with Gasteiger partial charge in [-0.05, 0) is 76.9 Å². The number of nitrogens with zero attached hydrogens (tertiary/aromatic N) is 4. The molecule has 6 amide bonds.